The number of thioether (sulfide) groups is 1. The second-order valence-corrected chi connectivity index (χ2v) is 10.5. The molecule has 3 heterocycles. The second-order valence-electron chi connectivity index (χ2n) is 7.53. The molecule has 33 heavy (non-hydrogen) atoms. The molecule has 0 spiro atoms. The van der Waals surface area contributed by atoms with Crippen LogP contribution in [0.2, 0.25) is 0 Å². The van der Waals surface area contributed by atoms with Gasteiger partial charge in [0.25, 0.3) is 5.56 Å². The molecule has 3 rings (SSSR count). The van der Waals surface area contributed by atoms with Crippen LogP contribution in [-0.4, -0.2) is 65.6 Å². The van der Waals surface area contributed by atoms with Crippen molar-refractivity contribution in [2.75, 3.05) is 38.3 Å². The molecule has 0 amide bonds. The predicted octanol–water partition coefficient (Wildman–Crippen LogP) is 0.700. The van der Waals surface area contributed by atoms with Crippen LogP contribution in [0.4, 0.5) is 5.82 Å². The number of rotatable bonds is 9. The van der Waals surface area contributed by atoms with Gasteiger partial charge in [-0.3, -0.25) is 19.1 Å². The number of hydrogen-bond acceptors (Lipinski definition) is 9. The van der Waals surface area contributed by atoms with Crippen molar-refractivity contribution in [2.45, 2.75) is 42.1 Å². The Morgan fingerprint density at radius 3 is 2.52 bits per heavy atom. The first-order chi connectivity index (χ1) is 15.8. The van der Waals surface area contributed by atoms with Crippen molar-refractivity contribution in [1.82, 2.24) is 18.8 Å². The smallest absolute Gasteiger partial charge is 0.330 e. The molecule has 0 aliphatic carbocycles. The minimum atomic E-state index is -3.61. The summed E-state index contributed by atoms with van der Waals surface area (Å²) in [5, 5.41) is 0.417. The third kappa shape index (κ3) is 5.91. The normalized spacial score (nSPS) is 15.3. The van der Waals surface area contributed by atoms with Gasteiger partial charge in [-0.25, -0.2) is 18.2 Å². The minimum absolute atomic E-state index is 0.0832. The first-order valence-electron chi connectivity index (χ1n) is 10.5. The highest BCUT2D eigenvalue weighted by Gasteiger charge is 2.25. The fourth-order valence-electron chi connectivity index (χ4n) is 3.51. The number of Topliss-reactive ketones (excluding diaryl/α,β-unsaturated/α-hetero) is 1. The molecule has 0 saturated carbocycles. The number of sulfonamides is 1. The number of ether oxygens (including phenoxy) is 1. The molecule has 1 saturated heterocycles. The van der Waals surface area contributed by atoms with Crippen LogP contribution in [0.25, 0.3) is 0 Å². The SMILES string of the molecule is COCCn1c(N)c(C(=O)CSc2ccc(S(=O)(=O)N3CCCCCC3)cn2)c(=O)[nH]c1=O. The van der Waals surface area contributed by atoms with Crippen LogP contribution in [-0.2, 0) is 21.3 Å². The second kappa shape index (κ2) is 11.1. The van der Waals surface area contributed by atoms with Crippen LogP contribution in [0.15, 0.2) is 37.8 Å². The Morgan fingerprint density at radius 1 is 1.21 bits per heavy atom. The maximum Gasteiger partial charge on any atom is 0.330 e. The number of nitrogens with zero attached hydrogens (tertiary/aromatic N) is 3. The van der Waals surface area contributed by atoms with Crippen molar-refractivity contribution in [3.05, 3.63) is 44.7 Å². The molecular formula is C20H27N5O6S2. The zero-order chi connectivity index (χ0) is 24.0. The van der Waals surface area contributed by atoms with Crippen LogP contribution in [0.5, 0.6) is 0 Å². The van der Waals surface area contributed by atoms with E-state index < -0.39 is 27.1 Å². The molecule has 0 unspecified atom stereocenters. The molecule has 1 fully saturated rings. The van der Waals surface area contributed by atoms with E-state index in [1.807, 2.05) is 0 Å². The van der Waals surface area contributed by atoms with E-state index in [2.05, 4.69) is 9.97 Å². The highest BCUT2D eigenvalue weighted by Crippen LogP contribution is 2.23. The monoisotopic (exact) mass is 497 g/mol. The van der Waals surface area contributed by atoms with Gasteiger partial charge in [0, 0.05) is 26.4 Å². The molecule has 3 N–H and O–H groups in total. The largest absolute Gasteiger partial charge is 0.384 e. The van der Waals surface area contributed by atoms with Crippen molar-refractivity contribution in [1.29, 1.82) is 0 Å². The third-order valence-electron chi connectivity index (χ3n) is 5.30. The highest BCUT2D eigenvalue weighted by molar-refractivity contribution is 7.99. The summed E-state index contributed by atoms with van der Waals surface area (Å²) in [4.78, 5) is 43.2. The number of aromatic amines is 1. The number of nitrogens with one attached hydrogen (secondary N) is 1. The molecular weight excluding hydrogens is 470 g/mol. The number of methoxy groups -OCH3 is 1. The summed E-state index contributed by atoms with van der Waals surface area (Å²) >= 11 is 1.04. The van der Waals surface area contributed by atoms with E-state index in [-0.39, 0.29) is 35.2 Å². The lowest BCUT2D eigenvalue weighted by Crippen LogP contribution is -2.37. The Bertz CT molecular complexity index is 1200. The Balaban J connectivity index is 1.71. The van der Waals surface area contributed by atoms with Gasteiger partial charge in [-0.05, 0) is 25.0 Å². The van der Waals surface area contributed by atoms with Crippen LogP contribution in [0, 0.1) is 0 Å². The van der Waals surface area contributed by atoms with E-state index in [1.165, 1.54) is 29.7 Å². The average molecular weight is 498 g/mol. The van der Waals surface area contributed by atoms with Crippen molar-refractivity contribution >= 4 is 33.4 Å². The fourth-order valence-corrected chi connectivity index (χ4v) is 5.69. The molecule has 2 aromatic heterocycles. The molecule has 0 atom stereocenters. The van der Waals surface area contributed by atoms with E-state index in [9.17, 15) is 22.8 Å². The van der Waals surface area contributed by atoms with Crippen molar-refractivity contribution < 1.29 is 17.9 Å². The zero-order valence-corrected chi connectivity index (χ0v) is 19.9. The summed E-state index contributed by atoms with van der Waals surface area (Å²) in [7, 11) is -2.16. The average Bonchev–Trinajstić information content (AvgIpc) is 3.08. The van der Waals surface area contributed by atoms with E-state index >= 15 is 0 Å². The Morgan fingerprint density at radius 2 is 1.91 bits per heavy atom. The lowest BCUT2D eigenvalue weighted by atomic mass is 10.2. The number of nitrogen functional groups attached to an aromatic ring is 1. The Kier molecular flexibility index (Phi) is 8.46. The van der Waals surface area contributed by atoms with Gasteiger partial charge in [0.1, 0.15) is 16.3 Å². The first-order valence-corrected chi connectivity index (χ1v) is 12.9. The molecule has 180 valence electrons. The standard InChI is InChI=1S/C20H27N5O6S2/c1-31-11-10-25-18(21)17(19(27)23-20(25)28)15(26)13-32-16-7-6-14(12-22-16)33(29,30)24-8-4-2-3-5-9-24/h6-7,12H,2-5,8-11,13,21H2,1H3,(H,23,27,28). The zero-order valence-electron chi connectivity index (χ0n) is 18.3. The van der Waals surface area contributed by atoms with Gasteiger partial charge in [-0.2, -0.15) is 4.31 Å². The van der Waals surface area contributed by atoms with Gasteiger partial charge in [0.2, 0.25) is 10.0 Å². The van der Waals surface area contributed by atoms with Crippen LogP contribution < -0.4 is 17.0 Å². The molecule has 0 aromatic carbocycles. The molecule has 1 aliphatic rings. The van der Waals surface area contributed by atoms with Gasteiger partial charge in [0.05, 0.1) is 23.9 Å². The highest BCUT2D eigenvalue weighted by atomic mass is 32.2. The third-order valence-corrected chi connectivity index (χ3v) is 8.13. The summed E-state index contributed by atoms with van der Waals surface area (Å²) in [6, 6.07) is 2.99. The number of pyridine rings is 1. The maximum absolute atomic E-state index is 12.8. The number of carbonyl (C=O) groups is 1. The van der Waals surface area contributed by atoms with E-state index in [4.69, 9.17) is 10.5 Å². The summed E-state index contributed by atoms with van der Waals surface area (Å²) < 4.78 is 33.2. The van der Waals surface area contributed by atoms with Crippen molar-refractivity contribution in [3.8, 4) is 0 Å². The van der Waals surface area contributed by atoms with Gasteiger partial charge in [-0.1, -0.05) is 24.6 Å². The van der Waals surface area contributed by atoms with Crippen LogP contribution in [0.1, 0.15) is 36.0 Å². The number of aromatic nitrogens is 3. The van der Waals surface area contributed by atoms with Crippen molar-refractivity contribution in [2.24, 2.45) is 0 Å². The lowest BCUT2D eigenvalue weighted by molar-refractivity contribution is 0.102. The Hall–Kier alpha value is -2.48. The number of ketones is 1. The molecule has 0 bridgehead atoms. The van der Waals surface area contributed by atoms with Crippen LogP contribution in [0.3, 0.4) is 0 Å². The molecule has 0 radical (unpaired) electrons. The van der Waals surface area contributed by atoms with E-state index in [0.717, 1.165) is 42.0 Å². The minimum Gasteiger partial charge on any atom is -0.384 e. The number of anilines is 1. The summed E-state index contributed by atoms with van der Waals surface area (Å²) in [6.07, 6.45) is 4.99. The first kappa shape index (κ1) is 25.1. The lowest BCUT2D eigenvalue weighted by Gasteiger charge is -2.19. The van der Waals surface area contributed by atoms with Gasteiger partial charge in [0.15, 0.2) is 5.78 Å². The van der Waals surface area contributed by atoms with E-state index in [1.54, 1.807) is 0 Å². The van der Waals surface area contributed by atoms with Gasteiger partial charge >= 0.3 is 5.69 Å². The maximum atomic E-state index is 12.8. The number of H-pyrrole nitrogens is 1. The molecule has 13 heteroatoms. The van der Waals surface area contributed by atoms with E-state index in [0.29, 0.717) is 18.1 Å². The Labute approximate surface area is 195 Å². The van der Waals surface area contributed by atoms with Gasteiger partial charge < -0.3 is 10.5 Å². The molecule has 2 aromatic rings. The van der Waals surface area contributed by atoms with Crippen molar-refractivity contribution in [3.63, 3.8) is 0 Å². The molecule has 11 nitrogen and oxygen atoms in total. The summed E-state index contributed by atoms with van der Waals surface area (Å²) in [5.74, 6) is -0.965. The number of carbonyl (C=O) groups excluding carboxylic acids is 1. The number of hydrogen-bond donors (Lipinski definition) is 2. The quantitative estimate of drug-likeness (QED) is 0.376. The predicted molar refractivity (Wildman–Crippen MR) is 124 cm³/mol. The summed E-state index contributed by atoms with van der Waals surface area (Å²) in [5.41, 5.74) is 4.03. The van der Waals surface area contributed by atoms with Gasteiger partial charge in [-0.15, -0.1) is 0 Å². The summed E-state index contributed by atoms with van der Waals surface area (Å²) in [6.45, 7) is 1.25. The fraction of sp³-hybridized carbons (Fsp3) is 0.500. The van der Waals surface area contributed by atoms with Crippen LogP contribution >= 0.6 is 11.8 Å². The number of nitrogens with two attached hydrogens (primary N) is 1. The topological polar surface area (TPSA) is 157 Å². The molecule has 1 aliphatic heterocycles.